The van der Waals surface area contributed by atoms with E-state index >= 15 is 0 Å². The zero-order valence-electron chi connectivity index (χ0n) is 12.2. The second kappa shape index (κ2) is 7.78. The van der Waals surface area contributed by atoms with E-state index in [1.807, 2.05) is 54.6 Å². The van der Waals surface area contributed by atoms with Gasteiger partial charge in [-0.2, -0.15) is 0 Å². The molecule has 0 aliphatic heterocycles. The van der Waals surface area contributed by atoms with Gasteiger partial charge in [0.05, 0.1) is 19.4 Å². The summed E-state index contributed by atoms with van der Waals surface area (Å²) >= 11 is 0. The molecule has 2 aromatic rings. The lowest BCUT2D eigenvalue weighted by molar-refractivity contribution is 0.129. The van der Waals surface area contributed by atoms with Crippen LogP contribution >= 0.6 is 0 Å². The van der Waals surface area contributed by atoms with Crippen molar-refractivity contribution in [1.29, 1.82) is 0 Å². The van der Waals surface area contributed by atoms with Gasteiger partial charge in [-0.05, 0) is 23.3 Å². The van der Waals surface area contributed by atoms with Gasteiger partial charge >= 0.3 is 0 Å². The van der Waals surface area contributed by atoms with Gasteiger partial charge in [-0.1, -0.05) is 42.5 Å². The number of hydrogen-bond donors (Lipinski definition) is 3. The highest BCUT2D eigenvalue weighted by atomic mass is 16.5. The van der Waals surface area contributed by atoms with Crippen LogP contribution < -0.4 is 15.8 Å². The zero-order chi connectivity index (χ0) is 15.1. The molecule has 21 heavy (non-hydrogen) atoms. The Labute approximate surface area is 125 Å². The van der Waals surface area contributed by atoms with Crippen molar-refractivity contribution in [1.82, 2.24) is 5.32 Å². The number of aliphatic hydroxyl groups excluding tert-OH is 1. The lowest BCUT2D eigenvalue weighted by Gasteiger charge is -2.20. The van der Waals surface area contributed by atoms with Crippen LogP contribution in [0.5, 0.6) is 5.75 Å². The van der Waals surface area contributed by atoms with E-state index in [9.17, 15) is 5.11 Å². The van der Waals surface area contributed by atoms with E-state index in [1.165, 1.54) is 0 Å². The van der Waals surface area contributed by atoms with Crippen LogP contribution in [0.1, 0.15) is 11.1 Å². The van der Waals surface area contributed by atoms with Crippen LogP contribution in [-0.4, -0.2) is 24.5 Å². The number of aliphatic hydroxyl groups is 1. The first-order valence-corrected chi connectivity index (χ1v) is 7.03. The molecular weight excluding hydrogens is 264 g/mol. The van der Waals surface area contributed by atoms with Crippen molar-refractivity contribution in [2.24, 2.45) is 5.73 Å². The summed E-state index contributed by atoms with van der Waals surface area (Å²) < 4.78 is 5.11. The predicted molar refractivity (Wildman–Crippen MR) is 84.0 cm³/mol. The van der Waals surface area contributed by atoms with E-state index in [4.69, 9.17) is 10.5 Å². The highest BCUT2D eigenvalue weighted by Gasteiger charge is 2.14. The lowest BCUT2D eigenvalue weighted by atomic mass is 10.1. The molecule has 2 atom stereocenters. The van der Waals surface area contributed by atoms with Crippen LogP contribution in [0.15, 0.2) is 54.6 Å². The third-order valence-electron chi connectivity index (χ3n) is 3.40. The normalized spacial score (nSPS) is 13.7. The molecule has 0 aliphatic carbocycles. The van der Waals surface area contributed by atoms with Gasteiger partial charge in [0.1, 0.15) is 5.75 Å². The van der Waals surface area contributed by atoms with Gasteiger partial charge in [-0.25, -0.2) is 0 Å². The Morgan fingerprint density at radius 2 is 1.71 bits per heavy atom. The van der Waals surface area contributed by atoms with E-state index in [2.05, 4.69) is 5.32 Å². The molecule has 0 unspecified atom stereocenters. The topological polar surface area (TPSA) is 67.5 Å². The summed E-state index contributed by atoms with van der Waals surface area (Å²) in [5.74, 6) is 0.805. The highest BCUT2D eigenvalue weighted by molar-refractivity contribution is 5.27. The Balaban J connectivity index is 1.82. The molecular formula is C17H22N2O2. The van der Waals surface area contributed by atoms with Crippen molar-refractivity contribution >= 4 is 0 Å². The fraction of sp³-hybridized carbons (Fsp3) is 0.294. The molecule has 4 N–H and O–H groups in total. The van der Waals surface area contributed by atoms with E-state index in [0.29, 0.717) is 13.0 Å². The summed E-state index contributed by atoms with van der Waals surface area (Å²) in [6, 6.07) is 17.6. The molecule has 0 bridgehead atoms. The summed E-state index contributed by atoms with van der Waals surface area (Å²) in [6.07, 6.45) is -0.595. The van der Waals surface area contributed by atoms with Crippen molar-refractivity contribution in [3.63, 3.8) is 0 Å². The third kappa shape index (κ3) is 4.86. The number of nitrogens with two attached hydrogens (primary N) is 1. The molecule has 0 radical (unpaired) electrons. The van der Waals surface area contributed by atoms with Crippen molar-refractivity contribution in [2.75, 3.05) is 7.11 Å². The summed E-state index contributed by atoms with van der Waals surface area (Å²) in [5.41, 5.74) is 8.15. The van der Waals surface area contributed by atoms with Crippen LogP contribution in [0.2, 0.25) is 0 Å². The Kier molecular flexibility index (Phi) is 5.75. The number of rotatable bonds is 7. The lowest BCUT2D eigenvalue weighted by Crippen LogP contribution is -2.47. The summed E-state index contributed by atoms with van der Waals surface area (Å²) in [4.78, 5) is 0. The van der Waals surface area contributed by atoms with Crippen LogP contribution in [-0.2, 0) is 13.0 Å². The number of nitrogens with one attached hydrogen (secondary N) is 1. The Hall–Kier alpha value is -1.88. The van der Waals surface area contributed by atoms with Crippen molar-refractivity contribution in [3.05, 3.63) is 65.7 Å². The van der Waals surface area contributed by atoms with Gasteiger partial charge in [0.15, 0.2) is 0 Å². The maximum Gasteiger partial charge on any atom is 0.118 e. The van der Waals surface area contributed by atoms with Gasteiger partial charge in [-0.15, -0.1) is 0 Å². The molecule has 0 aromatic heterocycles. The van der Waals surface area contributed by atoms with E-state index in [1.54, 1.807) is 7.11 Å². The molecule has 4 nitrogen and oxygen atoms in total. The average Bonchev–Trinajstić information content (AvgIpc) is 2.54. The Morgan fingerprint density at radius 3 is 2.33 bits per heavy atom. The zero-order valence-corrected chi connectivity index (χ0v) is 12.2. The fourth-order valence-corrected chi connectivity index (χ4v) is 2.10. The minimum atomic E-state index is -0.637. The number of methoxy groups -OCH3 is 1. The molecule has 0 saturated carbocycles. The second-order valence-electron chi connectivity index (χ2n) is 5.01. The van der Waals surface area contributed by atoms with Crippen LogP contribution in [0.3, 0.4) is 0 Å². The maximum atomic E-state index is 10.2. The Bertz CT molecular complexity index is 528. The molecule has 0 spiro atoms. The minimum absolute atomic E-state index is 0.465. The van der Waals surface area contributed by atoms with Crippen LogP contribution in [0.25, 0.3) is 0 Å². The smallest absolute Gasteiger partial charge is 0.118 e. The van der Waals surface area contributed by atoms with Gasteiger partial charge in [0.2, 0.25) is 0 Å². The third-order valence-corrected chi connectivity index (χ3v) is 3.40. The molecule has 112 valence electrons. The van der Waals surface area contributed by atoms with Crippen LogP contribution in [0, 0.1) is 0 Å². The fourth-order valence-electron chi connectivity index (χ4n) is 2.10. The molecule has 4 heteroatoms. The second-order valence-corrected chi connectivity index (χ2v) is 5.01. The van der Waals surface area contributed by atoms with Crippen molar-refractivity contribution in [3.8, 4) is 5.75 Å². The van der Waals surface area contributed by atoms with Crippen molar-refractivity contribution < 1.29 is 9.84 Å². The SMILES string of the molecule is COc1ccc(C[C@H](O)[C@@H](N)NCc2ccccc2)cc1. The van der Waals surface area contributed by atoms with Crippen molar-refractivity contribution in [2.45, 2.75) is 25.2 Å². The first-order valence-electron chi connectivity index (χ1n) is 7.03. The average molecular weight is 286 g/mol. The molecule has 0 fully saturated rings. The minimum Gasteiger partial charge on any atom is -0.497 e. The van der Waals surface area contributed by atoms with Gasteiger partial charge in [-0.3, -0.25) is 5.32 Å². The van der Waals surface area contributed by atoms with E-state index in [0.717, 1.165) is 16.9 Å². The quantitative estimate of drug-likeness (QED) is 0.677. The van der Waals surface area contributed by atoms with Gasteiger partial charge in [0.25, 0.3) is 0 Å². The predicted octanol–water partition coefficient (Wildman–Crippen LogP) is 1.67. The molecule has 0 heterocycles. The maximum absolute atomic E-state index is 10.2. The summed E-state index contributed by atoms with van der Waals surface area (Å²) in [7, 11) is 1.63. The van der Waals surface area contributed by atoms with E-state index < -0.39 is 12.3 Å². The molecule has 2 aromatic carbocycles. The Morgan fingerprint density at radius 1 is 1.05 bits per heavy atom. The van der Waals surface area contributed by atoms with E-state index in [-0.39, 0.29) is 0 Å². The first-order chi connectivity index (χ1) is 10.2. The summed E-state index contributed by atoms with van der Waals surface area (Å²) in [6.45, 7) is 0.641. The van der Waals surface area contributed by atoms with Gasteiger partial charge in [0, 0.05) is 13.0 Å². The van der Waals surface area contributed by atoms with Gasteiger partial charge < -0.3 is 15.6 Å². The summed E-state index contributed by atoms with van der Waals surface area (Å²) in [5, 5.41) is 13.3. The number of ether oxygens (including phenoxy) is 1. The molecule has 2 rings (SSSR count). The molecule has 0 amide bonds. The molecule has 0 aliphatic rings. The number of benzene rings is 2. The molecule has 0 saturated heterocycles. The van der Waals surface area contributed by atoms with Crippen LogP contribution in [0.4, 0.5) is 0 Å². The monoisotopic (exact) mass is 286 g/mol. The first kappa shape index (κ1) is 15.5. The standard InChI is InChI=1S/C17H22N2O2/c1-21-15-9-7-13(8-10-15)11-16(20)17(18)19-12-14-5-3-2-4-6-14/h2-10,16-17,19-20H,11-12,18H2,1H3/t16-,17-/m0/s1. The number of hydrogen-bond acceptors (Lipinski definition) is 4. The highest BCUT2D eigenvalue weighted by Crippen LogP contribution is 2.13. The largest absolute Gasteiger partial charge is 0.497 e.